The van der Waals surface area contributed by atoms with Crippen LogP contribution in [0.4, 0.5) is 0 Å². The van der Waals surface area contributed by atoms with Crippen LogP contribution in [0, 0.1) is 0 Å². The second-order valence-electron chi connectivity index (χ2n) is 3.77. The van der Waals surface area contributed by atoms with Gasteiger partial charge in [0.2, 0.25) is 0 Å². The molecule has 0 aliphatic carbocycles. The quantitative estimate of drug-likeness (QED) is 0.775. The van der Waals surface area contributed by atoms with Crippen LogP contribution in [0.5, 0.6) is 5.75 Å². The lowest BCUT2D eigenvalue weighted by Crippen LogP contribution is -2.03. The van der Waals surface area contributed by atoms with Gasteiger partial charge in [0.1, 0.15) is 5.75 Å². The molecule has 2 rings (SSSR count). The predicted octanol–water partition coefficient (Wildman–Crippen LogP) is 3.15. The van der Waals surface area contributed by atoms with Crippen LogP contribution in [0.1, 0.15) is 10.4 Å². The molecule has 2 aromatic rings. The highest BCUT2D eigenvalue weighted by Crippen LogP contribution is 2.26. The Hall–Kier alpha value is -2.29. The molecule has 0 saturated heterocycles. The summed E-state index contributed by atoms with van der Waals surface area (Å²) in [6.07, 6.45) is 0. The number of ether oxygens (including phenoxy) is 2. The fourth-order valence-electron chi connectivity index (χ4n) is 1.79. The molecule has 0 saturated carbocycles. The Morgan fingerprint density at radius 3 is 2.22 bits per heavy atom. The van der Waals surface area contributed by atoms with Crippen LogP contribution in [-0.2, 0) is 4.74 Å². The van der Waals surface area contributed by atoms with Crippen LogP contribution < -0.4 is 4.74 Å². The zero-order valence-corrected chi connectivity index (χ0v) is 10.3. The number of rotatable bonds is 3. The number of esters is 1. The number of methoxy groups -OCH3 is 2. The number of hydrogen-bond acceptors (Lipinski definition) is 3. The maximum atomic E-state index is 11.7. The summed E-state index contributed by atoms with van der Waals surface area (Å²) >= 11 is 0. The molecule has 3 nitrogen and oxygen atoms in total. The smallest absolute Gasteiger partial charge is 0.338 e. The lowest BCUT2D eigenvalue weighted by atomic mass is 10.00. The van der Waals surface area contributed by atoms with Gasteiger partial charge in [-0.15, -0.1) is 0 Å². The number of carbonyl (C=O) groups excluding carboxylic acids is 1. The van der Waals surface area contributed by atoms with Crippen LogP contribution in [0.15, 0.2) is 48.5 Å². The van der Waals surface area contributed by atoms with Crippen LogP contribution in [0.3, 0.4) is 0 Å². The monoisotopic (exact) mass is 242 g/mol. The zero-order valence-electron chi connectivity index (χ0n) is 10.3. The topological polar surface area (TPSA) is 35.5 Å². The first-order chi connectivity index (χ1) is 8.76. The van der Waals surface area contributed by atoms with Crippen molar-refractivity contribution in [2.75, 3.05) is 14.2 Å². The average molecular weight is 242 g/mol. The Balaban J connectivity index is 2.46. The van der Waals surface area contributed by atoms with Gasteiger partial charge in [0.05, 0.1) is 19.8 Å². The molecule has 92 valence electrons. The van der Waals surface area contributed by atoms with E-state index in [2.05, 4.69) is 0 Å². The molecule has 0 spiro atoms. The molecule has 0 aliphatic rings. The van der Waals surface area contributed by atoms with Crippen molar-refractivity contribution in [1.82, 2.24) is 0 Å². The average Bonchev–Trinajstić information content (AvgIpc) is 2.46. The van der Waals surface area contributed by atoms with Crippen molar-refractivity contribution in [3.63, 3.8) is 0 Å². The van der Waals surface area contributed by atoms with Gasteiger partial charge in [0.25, 0.3) is 0 Å². The third-order valence-corrected chi connectivity index (χ3v) is 2.73. The molecular weight excluding hydrogens is 228 g/mol. The van der Waals surface area contributed by atoms with E-state index in [-0.39, 0.29) is 5.97 Å². The normalized spacial score (nSPS) is 9.89. The lowest BCUT2D eigenvalue weighted by molar-refractivity contribution is 0.0601. The molecule has 3 heteroatoms. The van der Waals surface area contributed by atoms with E-state index in [1.54, 1.807) is 13.2 Å². The highest BCUT2D eigenvalue weighted by molar-refractivity contribution is 5.97. The summed E-state index contributed by atoms with van der Waals surface area (Å²) in [5, 5.41) is 0. The van der Waals surface area contributed by atoms with Crippen molar-refractivity contribution in [2.45, 2.75) is 0 Å². The van der Waals surface area contributed by atoms with Crippen molar-refractivity contribution in [1.29, 1.82) is 0 Å². The van der Waals surface area contributed by atoms with Crippen LogP contribution in [0.25, 0.3) is 11.1 Å². The maximum Gasteiger partial charge on any atom is 0.338 e. The highest BCUT2D eigenvalue weighted by Gasteiger charge is 2.12. The Morgan fingerprint density at radius 1 is 0.944 bits per heavy atom. The van der Waals surface area contributed by atoms with Crippen molar-refractivity contribution in [3.05, 3.63) is 54.1 Å². The minimum atomic E-state index is -0.332. The molecule has 0 unspecified atom stereocenters. The number of hydrogen-bond donors (Lipinski definition) is 0. The van der Waals surface area contributed by atoms with Gasteiger partial charge < -0.3 is 9.47 Å². The first-order valence-corrected chi connectivity index (χ1v) is 5.58. The molecule has 0 atom stereocenters. The molecule has 18 heavy (non-hydrogen) atoms. The van der Waals surface area contributed by atoms with Crippen molar-refractivity contribution in [3.8, 4) is 16.9 Å². The van der Waals surface area contributed by atoms with Gasteiger partial charge in [-0.3, -0.25) is 0 Å². The highest BCUT2D eigenvalue weighted by atomic mass is 16.5. The summed E-state index contributed by atoms with van der Waals surface area (Å²) in [5.74, 6) is 0.454. The molecular formula is C15H14O3. The van der Waals surface area contributed by atoms with Crippen molar-refractivity contribution < 1.29 is 14.3 Å². The van der Waals surface area contributed by atoms with E-state index >= 15 is 0 Å². The Kier molecular flexibility index (Phi) is 3.63. The largest absolute Gasteiger partial charge is 0.497 e. The summed E-state index contributed by atoms with van der Waals surface area (Å²) in [6, 6.07) is 14.9. The lowest BCUT2D eigenvalue weighted by Gasteiger charge is -2.08. The van der Waals surface area contributed by atoms with E-state index in [0.29, 0.717) is 5.56 Å². The molecule has 2 aromatic carbocycles. The van der Waals surface area contributed by atoms with Gasteiger partial charge in [0, 0.05) is 0 Å². The Labute approximate surface area is 106 Å². The summed E-state index contributed by atoms with van der Waals surface area (Å²) in [4.78, 5) is 11.7. The second-order valence-corrected chi connectivity index (χ2v) is 3.77. The number of benzene rings is 2. The molecule has 0 aliphatic heterocycles. The third kappa shape index (κ3) is 2.35. The molecule has 0 radical (unpaired) electrons. The van der Waals surface area contributed by atoms with Crippen molar-refractivity contribution in [2.24, 2.45) is 0 Å². The van der Waals surface area contributed by atoms with E-state index in [9.17, 15) is 4.79 Å². The summed E-state index contributed by atoms with van der Waals surface area (Å²) in [7, 11) is 3.00. The van der Waals surface area contributed by atoms with Crippen LogP contribution in [0.2, 0.25) is 0 Å². The molecule has 0 heterocycles. The van der Waals surface area contributed by atoms with Gasteiger partial charge in [-0.25, -0.2) is 4.79 Å². The molecule has 0 bridgehead atoms. The molecule has 0 fully saturated rings. The van der Waals surface area contributed by atoms with E-state index in [4.69, 9.17) is 9.47 Å². The number of carbonyl (C=O) groups is 1. The van der Waals surface area contributed by atoms with Crippen LogP contribution in [-0.4, -0.2) is 20.2 Å². The predicted molar refractivity (Wildman–Crippen MR) is 69.8 cm³/mol. The van der Waals surface area contributed by atoms with Gasteiger partial charge >= 0.3 is 5.97 Å². The summed E-state index contributed by atoms with van der Waals surface area (Å²) in [5.41, 5.74) is 2.37. The fourth-order valence-corrected chi connectivity index (χ4v) is 1.79. The third-order valence-electron chi connectivity index (χ3n) is 2.73. The first kappa shape index (κ1) is 12.2. The van der Waals surface area contributed by atoms with Crippen molar-refractivity contribution >= 4 is 5.97 Å². The second kappa shape index (κ2) is 5.36. The molecule has 0 aromatic heterocycles. The zero-order chi connectivity index (χ0) is 13.0. The molecule has 0 amide bonds. The van der Waals surface area contributed by atoms with E-state index in [0.717, 1.165) is 16.9 Å². The first-order valence-electron chi connectivity index (χ1n) is 5.58. The van der Waals surface area contributed by atoms with Gasteiger partial charge in [-0.2, -0.15) is 0 Å². The SMILES string of the molecule is COC(=O)c1ccccc1-c1ccc(OC)cc1. The van der Waals surface area contributed by atoms with E-state index < -0.39 is 0 Å². The maximum absolute atomic E-state index is 11.7. The standard InChI is InChI=1S/C15H14O3/c1-17-12-9-7-11(8-10-12)13-5-3-4-6-14(13)15(16)18-2/h3-10H,1-2H3. The Morgan fingerprint density at radius 2 is 1.61 bits per heavy atom. The van der Waals surface area contributed by atoms with Gasteiger partial charge in [-0.1, -0.05) is 30.3 Å². The summed E-state index contributed by atoms with van der Waals surface area (Å²) in [6.45, 7) is 0. The minimum absolute atomic E-state index is 0.332. The van der Waals surface area contributed by atoms with E-state index in [1.807, 2.05) is 42.5 Å². The van der Waals surface area contributed by atoms with Crippen LogP contribution >= 0.6 is 0 Å². The fraction of sp³-hybridized carbons (Fsp3) is 0.133. The summed E-state index contributed by atoms with van der Waals surface area (Å²) < 4.78 is 9.89. The van der Waals surface area contributed by atoms with E-state index in [1.165, 1.54) is 7.11 Å². The minimum Gasteiger partial charge on any atom is -0.497 e. The van der Waals surface area contributed by atoms with Gasteiger partial charge in [0.15, 0.2) is 0 Å². The molecule has 0 N–H and O–H groups in total. The van der Waals surface area contributed by atoms with Gasteiger partial charge in [-0.05, 0) is 29.3 Å². The Bertz CT molecular complexity index is 544.